The van der Waals surface area contributed by atoms with E-state index in [2.05, 4.69) is 38.5 Å². The van der Waals surface area contributed by atoms with E-state index in [0.29, 0.717) is 24.0 Å². The van der Waals surface area contributed by atoms with Crippen molar-refractivity contribution in [3.63, 3.8) is 0 Å². The van der Waals surface area contributed by atoms with Gasteiger partial charge in [0.25, 0.3) is 0 Å². The second-order valence-corrected chi connectivity index (χ2v) is 12.9. The summed E-state index contributed by atoms with van der Waals surface area (Å²) in [5.41, 5.74) is 4.34. The Kier molecular flexibility index (Phi) is 8.83. The van der Waals surface area contributed by atoms with Gasteiger partial charge in [0.2, 0.25) is 5.88 Å². The van der Waals surface area contributed by atoms with Crippen LogP contribution in [0.1, 0.15) is 62.4 Å². The van der Waals surface area contributed by atoms with E-state index in [-0.39, 0.29) is 12.1 Å². The Hall–Kier alpha value is -4.50. The van der Waals surface area contributed by atoms with Gasteiger partial charge in [-0.1, -0.05) is 17.9 Å². The molecule has 46 heavy (non-hydrogen) atoms. The molecule has 236 valence electrons. The fourth-order valence-corrected chi connectivity index (χ4v) is 6.76. The number of rotatable bonds is 9. The summed E-state index contributed by atoms with van der Waals surface area (Å²) in [6.07, 6.45) is 6.91. The van der Waals surface area contributed by atoms with Gasteiger partial charge in [-0.15, -0.1) is 11.3 Å². The summed E-state index contributed by atoms with van der Waals surface area (Å²) in [4.78, 5) is 26.6. The van der Waals surface area contributed by atoms with E-state index in [1.807, 2.05) is 43.6 Å². The maximum Gasteiger partial charge on any atom is 0.337 e. The van der Waals surface area contributed by atoms with Crippen LogP contribution in [-0.2, 0) is 36.2 Å². The molecule has 0 unspecified atom stereocenters. The third-order valence-corrected chi connectivity index (χ3v) is 9.58. The van der Waals surface area contributed by atoms with E-state index >= 15 is 0 Å². The Morgan fingerprint density at radius 3 is 2.72 bits per heavy atom. The molecule has 7 rings (SSSR count). The van der Waals surface area contributed by atoms with Gasteiger partial charge in [0.05, 0.1) is 59.5 Å². The number of carbonyl (C=O) groups is 1. The Labute approximate surface area is 271 Å². The maximum absolute atomic E-state index is 12.2. The van der Waals surface area contributed by atoms with Gasteiger partial charge in [0.15, 0.2) is 0 Å². The quantitative estimate of drug-likeness (QED) is 0.162. The molecule has 0 radical (unpaired) electrons. The number of carbonyl (C=O) groups excluding carboxylic acids is 1. The summed E-state index contributed by atoms with van der Waals surface area (Å²) < 4.78 is 20.8. The van der Waals surface area contributed by atoms with Crippen molar-refractivity contribution in [1.82, 2.24) is 29.2 Å². The molecule has 0 saturated carbocycles. The van der Waals surface area contributed by atoms with Crippen LogP contribution in [0.15, 0.2) is 60.9 Å². The van der Waals surface area contributed by atoms with Crippen LogP contribution >= 0.6 is 11.3 Å². The molecule has 0 spiro atoms. The zero-order valence-electron chi connectivity index (χ0n) is 26.0. The molecule has 10 nitrogen and oxygen atoms in total. The number of thiophene rings is 1. The molecule has 0 bridgehead atoms. The number of likely N-dealkylation sites (tertiary alicyclic amines) is 1. The summed E-state index contributed by atoms with van der Waals surface area (Å²) in [6, 6.07) is 15.7. The summed E-state index contributed by atoms with van der Waals surface area (Å²) in [7, 11) is 3.29. The van der Waals surface area contributed by atoms with Crippen molar-refractivity contribution in [1.29, 1.82) is 0 Å². The van der Waals surface area contributed by atoms with Gasteiger partial charge in [-0.25, -0.2) is 14.8 Å². The van der Waals surface area contributed by atoms with Gasteiger partial charge < -0.3 is 18.8 Å². The minimum atomic E-state index is -0.343. The van der Waals surface area contributed by atoms with Crippen molar-refractivity contribution in [2.24, 2.45) is 7.05 Å². The second-order valence-electron chi connectivity index (χ2n) is 11.8. The summed E-state index contributed by atoms with van der Waals surface area (Å²) in [5, 5.41) is 4.16. The number of fused-ring (bicyclic) bond motifs is 1. The maximum atomic E-state index is 12.2. The number of hydrogen-bond acceptors (Lipinski definition) is 9. The zero-order chi connectivity index (χ0) is 31.5. The molecule has 2 aliphatic heterocycles. The lowest BCUT2D eigenvalue weighted by atomic mass is 9.93. The van der Waals surface area contributed by atoms with E-state index in [9.17, 15) is 4.79 Å². The highest BCUT2D eigenvalue weighted by Gasteiger charge is 2.26. The molecule has 1 aromatic carbocycles. The molecule has 2 saturated heterocycles. The van der Waals surface area contributed by atoms with E-state index in [1.54, 1.807) is 28.3 Å². The topological polar surface area (TPSA) is 96.5 Å². The predicted octanol–water partition coefficient (Wildman–Crippen LogP) is 5.16. The molecular weight excluding hydrogens is 600 g/mol. The van der Waals surface area contributed by atoms with Gasteiger partial charge in [-0.2, -0.15) is 5.10 Å². The van der Waals surface area contributed by atoms with Gasteiger partial charge >= 0.3 is 5.97 Å². The monoisotopic (exact) mass is 636 g/mol. The van der Waals surface area contributed by atoms with Crippen LogP contribution in [0.2, 0.25) is 0 Å². The van der Waals surface area contributed by atoms with Crippen LogP contribution < -0.4 is 4.74 Å². The number of esters is 1. The lowest BCUT2D eigenvalue weighted by molar-refractivity contribution is -0.0592. The van der Waals surface area contributed by atoms with Crippen LogP contribution in [-0.4, -0.2) is 68.1 Å². The zero-order valence-corrected chi connectivity index (χ0v) is 26.8. The summed E-state index contributed by atoms with van der Waals surface area (Å²) in [5.74, 6) is 8.04. The molecule has 5 aromatic rings. The molecule has 1 atom stereocenters. The average molecular weight is 637 g/mol. The van der Waals surface area contributed by atoms with Crippen LogP contribution in [0.25, 0.3) is 11.0 Å². The molecule has 0 aliphatic carbocycles. The van der Waals surface area contributed by atoms with Gasteiger partial charge in [0, 0.05) is 42.4 Å². The Balaban J connectivity index is 0.963. The van der Waals surface area contributed by atoms with Crippen LogP contribution in [0.4, 0.5) is 0 Å². The fraction of sp³-hybridized carbons (Fsp3) is 0.371. The number of pyridine rings is 1. The number of imidazole rings is 1. The second kappa shape index (κ2) is 13.5. The Morgan fingerprint density at radius 2 is 1.96 bits per heavy atom. The van der Waals surface area contributed by atoms with Crippen LogP contribution in [0.3, 0.4) is 0 Å². The summed E-state index contributed by atoms with van der Waals surface area (Å²) in [6.45, 7) is 4.63. The largest absolute Gasteiger partial charge is 0.472 e. The molecule has 6 heterocycles. The molecule has 4 aromatic heterocycles. The van der Waals surface area contributed by atoms with Crippen molar-refractivity contribution in [2.75, 3.05) is 26.8 Å². The Morgan fingerprint density at radius 1 is 1.09 bits per heavy atom. The number of piperidine rings is 1. The number of methoxy groups -OCH3 is 1. The van der Waals surface area contributed by atoms with E-state index in [4.69, 9.17) is 24.2 Å². The average Bonchev–Trinajstić information content (AvgIpc) is 3.79. The lowest BCUT2D eigenvalue weighted by Gasteiger charge is -2.32. The first kappa shape index (κ1) is 30.2. The normalized spacial score (nSPS) is 17.0. The smallest absolute Gasteiger partial charge is 0.337 e. The van der Waals surface area contributed by atoms with Crippen molar-refractivity contribution in [3.05, 3.63) is 93.3 Å². The highest BCUT2D eigenvalue weighted by molar-refractivity contribution is 7.12. The van der Waals surface area contributed by atoms with E-state index in [1.165, 1.54) is 7.11 Å². The van der Waals surface area contributed by atoms with Crippen molar-refractivity contribution in [3.8, 4) is 17.7 Å². The van der Waals surface area contributed by atoms with Crippen molar-refractivity contribution >= 4 is 28.3 Å². The lowest BCUT2D eigenvalue weighted by Crippen LogP contribution is -2.35. The SMILES string of the molecule is COC(=O)c1ccc2nc(CN3CCC(c4cccc(OCc5ccc(C#Cc6cnn(C)c6)s5)n4)CC3)n(C[C@@H]3CCO3)c2c1. The number of ether oxygens (including phenoxy) is 3. The van der Waals surface area contributed by atoms with E-state index in [0.717, 1.165) is 89.9 Å². The molecule has 0 N–H and O–H groups in total. The third-order valence-electron chi connectivity index (χ3n) is 8.60. The molecular formula is C35H36N6O4S. The number of benzene rings is 1. The first-order valence-corrected chi connectivity index (χ1v) is 16.4. The Bertz CT molecular complexity index is 1900. The van der Waals surface area contributed by atoms with Crippen LogP contribution in [0.5, 0.6) is 5.88 Å². The standard InChI is InChI=1S/C35H36N6O4S/c1-39-20-24(19-36-39)6-8-28-9-10-29(46-28)23-45-34-5-3-4-30(38-34)25-12-15-40(16-13-25)22-33-37-31-11-7-26(35(42)43-2)18-32(31)41(33)21-27-14-17-44-27/h3-5,7,9-11,18-20,25,27H,12-17,21-23H2,1-2H3/t27-/m0/s1. The number of hydrogen-bond donors (Lipinski definition) is 0. The van der Waals surface area contributed by atoms with Gasteiger partial charge in [-0.3, -0.25) is 9.58 Å². The number of aryl methyl sites for hydroxylation is 1. The first-order chi connectivity index (χ1) is 22.5. The molecule has 2 aliphatic rings. The predicted molar refractivity (Wildman–Crippen MR) is 175 cm³/mol. The highest BCUT2D eigenvalue weighted by atomic mass is 32.1. The van der Waals surface area contributed by atoms with Crippen molar-refractivity contribution in [2.45, 2.75) is 51.0 Å². The van der Waals surface area contributed by atoms with Gasteiger partial charge in [0.1, 0.15) is 12.4 Å². The fourth-order valence-electron chi connectivity index (χ4n) is 5.99. The highest BCUT2D eigenvalue weighted by Crippen LogP contribution is 2.30. The van der Waals surface area contributed by atoms with Crippen LogP contribution in [0, 0.1) is 11.8 Å². The number of nitrogens with zero attached hydrogens (tertiary/aromatic N) is 6. The molecule has 0 amide bonds. The minimum Gasteiger partial charge on any atom is -0.472 e. The first-order valence-electron chi connectivity index (χ1n) is 15.6. The third kappa shape index (κ3) is 6.84. The molecule has 11 heteroatoms. The van der Waals surface area contributed by atoms with E-state index < -0.39 is 0 Å². The van der Waals surface area contributed by atoms with Gasteiger partial charge in [-0.05, 0) is 68.8 Å². The number of aromatic nitrogens is 5. The minimum absolute atomic E-state index is 0.178. The van der Waals surface area contributed by atoms with Crippen molar-refractivity contribution < 1.29 is 19.0 Å². The molecule has 2 fully saturated rings. The summed E-state index contributed by atoms with van der Waals surface area (Å²) >= 11 is 1.63.